The predicted octanol–water partition coefficient (Wildman–Crippen LogP) is 2.96. The quantitative estimate of drug-likeness (QED) is 0.938. The van der Waals surface area contributed by atoms with Crippen LogP contribution < -0.4 is 0 Å². The van der Waals surface area contributed by atoms with Gasteiger partial charge in [0.05, 0.1) is 17.2 Å². The van der Waals surface area contributed by atoms with Gasteiger partial charge < -0.3 is 14.4 Å². The van der Waals surface area contributed by atoms with Gasteiger partial charge in [-0.3, -0.25) is 0 Å². The Labute approximate surface area is 122 Å². The number of methoxy groups -OCH3 is 1. The topological polar surface area (TPSA) is 64.4 Å². The minimum Gasteiger partial charge on any atom is -0.478 e. The van der Waals surface area contributed by atoms with Crippen LogP contribution >= 0.6 is 0 Å². The number of ether oxygens (including phenoxy) is 1. The van der Waals surface area contributed by atoms with Crippen molar-refractivity contribution in [3.05, 3.63) is 29.6 Å². The third kappa shape index (κ3) is 1.95. The molecule has 0 amide bonds. The number of aromatic carboxylic acids is 1. The summed E-state index contributed by atoms with van der Waals surface area (Å²) in [5.74, 6) is 0.662. The molecule has 2 saturated carbocycles. The smallest absolute Gasteiger partial charge is 0.337 e. The Kier molecular flexibility index (Phi) is 2.79. The molecule has 2 fully saturated rings. The molecule has 1 aromatic carbocycles. The van der Waals surface area contributed by atoms with Gasteiger partial charge in [-0.05, 0) is 37.8 Å². The van der Waals surface area contributed by atoms with Gasteiger partial charge in [0.2, 0.25) is 0 Å². The number of imidazole rings is 1. The second-order valence-corrected chi connectivity index (χ2v) is 6.08. The lowest BCUT2D eigenvalue weighted by molar-refractivity contribution is 0.00657. The lowest BCUT2D eigenvalue weighted by atomic mass is 9.88. The molecule has 2 aromatic rings. The molecule has 5 nitrogen and oxygen atoms in total. The molecule has 21 heavy (non-hydrogen) atoms. The zero-order valence-corrected chi connectivity index (χ0v) is 12.0. The van der Waals surface area contributed by atoms with Crippen LogP contribution in [0.1, 0.15) is 53.8 Å². The monoisotopic (exact) mass is 286 g/mol. The van der Waals surface area contributed by atoms with Gasteiger partial charge in [0.1, 0.15) is 11.3 Å². The van der Waals surface area contributed by atoms with Gasteiger partial charge in [0.25, 0.3) is 0 Å². The molecule has 2 aliphatic rings. The highest BCUT2D eigenvalue weighted by molar-refractivity contribution is 6.01. The minimum absolute atomic E-state index is 0.302. The summed E-state index contributed by atoms with van der Waals surface area (Å²) < 4.78 is 7.65. The lowest BCUT2D eigenvalue weighted by Gasteiger charge is -2.36. The van der Waals surface area contributed by atoms with Gasteiger partial charge in [0, 0.05) is 19.1 Å². The number of carboxylic acids is 1. The van der Waals surface area contributed by atoms with E-state index in [2.05, 4.69) is 4.57 Å². The van der Waals surface area contributed by atoms with Crippen LogP contribution in [0.25, 0.3) is 11.0 Å². The van der Waals surface area contributed by atoms with E-state index in [1.165, 1.54) is 0 Å². The van der Waals surface area contributed by atoms with Crippen molar-refractivity contribution < 1.29 is 14.6 Å². The average Bonchev–Trinajstić information content (AvgIpc) is 3.19. The summed E-state index contributed by atoms with van der Waals surface area (Å²) in [5, 5.41) is 9.36. The van der Waals surface area contributed by atoms with Crippen LogP contribution in [-0.4, -0.2) is 33.8 Å². The largest absolute Gasteiger partial charge is 0.478 e. The van der Waals surface area contributed by atoms with Crippen LogP contribution in [0, 0.1) is 0 Å². The second kappa shape index (κ2) is 4.56. The first kappa shape index (κ1) is 12.8. The van der Waals surface area contributed by atoms with Crippen molar-refractivity contribution in [1.82, 2.24) is 9.55 Å². The average molecular weight is 286 g/mol. The van der Waals surface area contributed by atoms with E-state index in [0.717, 1.165) is 37.0 Å². The Balaban J connectivity index is 1.85. The van der Waals surface area contributed by atoms with Gasteiger partial charge in [-0.2, -0.15) is 0 Å². The Morgan fingerprint density at radius 1 is 1.38 bits per heavy atom. The van der Waals surface area contributed by atoms with Crippen molar-refractivity contribution in [2.24, 2.45) is 0 Å². The number of hydrogen-bond donors (Lipinski definition) is 1. The maximum Gasteiger partial charge on any atom is 0.337 e. The molecule has 1 aromatic heterocycles. The highest BCUT2D eigenvalue weighted by Crippen LogP contribution is 2.45. The number of benzene rings is 1. The molecule has 0 atom stereocenters. The SMILES string of the molecule is COC1CC(n2c(C3CC3)nc3c(C(=O)O)cccc32)C1. The fourth-order valence-electron chi connectivity index (χ4n) is 3.26. The van der Waals surface area contributed by atoms with E-state index in [1.807, 2.05) is 12.1 Å². The molecule has 0 unspecified atom stereocenters. The number of para-hydroxylation sites is 1. The molecule has 0 saturated heterocycles. The van der Waals surface area contributed by atoms with Gasteiger partial charge in [-0.15, -0.1) is 0 Å². The third-order valence-electron chi connectivity index (χ3n) is 4.69. The van der Waals surface area contributed by atoms with Crippen molar-refractivity contribution in [3.63, 3.8) is 0 Å². The van der Waals surface area contributed by atoms with E-state index >= 15 is 0 Å². The summed E-state index contributed by atoms with van der Waals surface area (Å²) in [7, 11) is 1.75. The number of carboxylic acid groups (broad SMARTS) is 1. The maximum absolute atomic E-state index is 11.4. The Morgan fingerprint density at radius 3 is 2.76 bits per heavy atom. The van der Waals surface area contributed by atoms with Crippen molar-refractivity contribution in [3.8, 4) is 0 Å². The van der Waals surface area contributed by atoms with E-state index in [1.54, 1.807) is 13.2 Å². The third-order valence-corrected chi connectivity index (χ3v) is 4.69. The van der Waals surface area contributed by atoms with Gasteiger partial charge in [-0.1, -0.05) is 6.07 Å². The second-order valence-electron chi connectivity index (χ2n) is 6.08. The van der Waals surface area contributed by atoms with E-state index in [0.29, 0.717) is 29.1 Å². The molecule has 0 bridgehead atoms. The molecule has 0 radical (unpaired) electrons. The van der Waals surface area contributed by atoms with Crippen LogP contribution in [0.4, 0.5) is 0 Å². The number of hydrogen-bond acceptors (Lipinski definition) is 3. The van der Waals surface area contributed by atoms with Crippen molar-refractivity contribution in [1.29, 1.82) is 0 Å². The van der Waals surface area contributed by atoms with Gasteiger partial charge in [0.15, 0.2) is 0 Å². The molecule has 1 heterocycles. The summed E-state index contributed by atoms with van der Waals surface area (Å²) in [4.78, 5) is 16.1. The Bertz CT molecular complexity index is 712. The normalized spacial score (nSPS) is 25.0. The first-order chi connectivity index (χ1) is 10.2. The molecular formula is C16H18N2O3. The first-order valence-electron chi connectivity index (χ1n) is 7.46. The zero-order valence-electron chi connectivity index (χ0n) is 12.0. The Hall–Kier alpha value is -1.88. The number of fused-ring (bicyclic) bond motifs is 1. The van der Waals surface area contributed by atoms with E-state index in [9.17, 15) is 9.90 Å². The summed E-state index contributed by atoms with van der Waals surface area (Å²) in [6.07, 6.45) is 4.61. The molecule has 4 rings (SSSR count). The molecule has 0 spiro atoms. The van der Waals surface area contributed by atoms with Crippen LogP contribution in [0.15, 0.2) is 18.2 Å². The lowest BCUT2D eigenvalue weighted by Crippen LogP contribution is -2.33. The van der Waals surface area contributed by atoms with Crippen LogP contribution in [0.5, 0.6) is 0 Å². The van der Waals surface area contributed by atoms with Crippen molar-refractivity contribution in [2.45, 2.75) is 43.7 Å². The molecule has 2 aliphatic carbocycles. The van der Waals surface area contributed by atoms with Crippen molar-refractivity contribution >= 4 is 17.0 Å². The molecule has 110 valence electrons. The maximum atomic E-state index is 11.4. The fourth-order valence-corrected chi connectivity index (χ4v) is 3.26. The molecule has 5 heteroatoms. The number of rotatable bonds is 4. The zero-order chi connectivity index (χ0) is 14.6. The number of aromatic nitrogens is 2. The van der Waals surface area contributed by atoms with Crippen LogP contribution in [-0.2, 0) is 4.74 Å². The Morgan fingerprint density at radius 2 is 2.14 bits per heavy atom. The summed E-state index contributed by atoms with van der Waals surface area (Å²) in [6, 6.07) is 5.82. The molecular weight excluding hydrogens is 268 g/mol. The standard InChI is InChI=1S/C16H18N2O3/c1-21-11-7-10(8-11)18-13-4-2-3-12(16(19)20)14(13)17-15(18)9-5-6-9/h2-4,9-11H,5-8H2,1H3,(H,19,20). The predicted molar refractivity (Wildman–Crippen MR) is 77.7 cm³/mol. The number of carbonyl (C=O) groups is 1. The summed E-state index contributed by atoms with van der Waals surface area (Å²) >= 11 is 0. The fraction of sp³-hybridized carbons (Fsp3) is 0.500. The van der Waals surface area contributed by atoms with E-state index < -0.39 is 5.97 Å². The molecule has 1 N–H and O–H groups in total. The van der Waals surface area contributed by atoms with Gasteiger partial charge in [-0.25, -0.2) is 9.78 Å². The highest BCUT2D eigenvalue weighted by atomic mass is 16.5. The summed E-state index contributed by atoms with van der Waals surface area (Å²) in [5.41, 5.74) is 1.89. The molecule has 0 aliphatic heterocycles. The highest BCUT2D eigenvalue weighted by Gasteiger charge is 2.37. The van der Waals surface area contributed by atoms with E-state index in [4.69, 9.17) is 9.72 Å². The van der Waals surface area contributed by atoms with Crippen LogP contribution in [0.3, 0.4) is 0 Å². The minimum atomic E-state index is -0.907. The van der Waals surface area contributed by atoms with Gasteiger partial charge >= 0.3 is 5.97 Å². The van der Waals surface area contributed by atoms with Crippen LogP contribution in [0.2, 0.25) is 0 Å². The first-order valence-corrected chi connectivity index (χ1v) is 7.46. The van der Waals surface area contributed by atoms with E-state index in [-0.39, 0.29) is 0 Å². The number of nitrogens with zero attached hydrogens (tertiary/aromatic N) is 2. The van der Waals surface area contributed by atoms with Crippen molar-refractivity contribution in [2.75, 3.05) is 7.11 Å². The summed E-state index contributed by atoms with van der Waals surface area (Å²) in [6.45, 7) is 0.